The van der Waals surface area contributed by atoms with Crippen LogP contribution < -0.4 is 20.1 Å². The lowest BCUT2D eigenvalue weighted by Crippen LogP contribution is -2.36. The van der Waals surface area contributed by atoms with Gasteiger partial charge in [-0.3, -0.25) is 4.98 Å². The lowest BCUT2D eigenvalue weighted by Gasteiger charge is -2.29. The summed E-state index contributed by atoms with van der Waals surface area (Å²) in [5, 5.41) is 5.62. The molecule has 7 nitrogen and oxygen atoms in total. The molecule has 1 aliphatic rings. The third-order valence-electron chi connectivity index (χ3n) is 4.60. The molecule has 0 radical (unpaired) electrons. The molecule has 2 N–H and O–H groups in total. The second kappa shape index (κ2) is 9.94. The minimum Gasteiger partial charge on any atom is -0.490 e. The average Bonchev–Trinajstić information content (AvgIpc) is 2.70. The molecule has 2 heterocycles. The van der Waals surface area contributed by atoms with Crippen molar-refractivity contribution in [2.24, 2.45) is 0 Å². The Balaban J connectivity index is 1.39. The van der Waals surface area contributed by atoms with E-state index in [2.05, 4.69) is 27.6 Å². The first-order chi connectivity index (χ1) is 13.6. The van der Waals surface area contributed by atoms with E-state index in [1.54, 1.807) is 12.4 Å². The molecule has 0 bridgehead atoms. The van der Waals surface area contributed by atoms with E-state index in [4.69, 9.17) is 9.47 Å². The van der Waals surface area contributed by atoms with Crippen molar-refractivity contribution in [1.82, 2.24) is 15.2 Å². The minimum atomic E-state index is -0.273. The summed E-state index contributed by atoms with van der Waals surface area (Å²) in [6.07, 6.45) is 5.51. The van der Waals surface area contributed by atoms with Crippen LogP contribution in [0.4, 0.5) is 10.5 Å². The highest BCUT2D eigenvalue weighted by Crippen LogP contribution is 2.20. The van der Waals surface area contributed by atoms with Crippen LogP contribution in [0, 0.1) is 0 Å². The van der Waals surface area contributed by atoms with E-state index in [-0.39, 0.29) is 18.2 Å². The molecule has 0 spiro atoms. The molecule has 1 atom stereocenters. The number of likely N-dealkylation sites (tertiary alicyclic amines) is 1. The van der Waals surface area contributed by atoms with Gasteiger partial charge in [-0.05, 0) is 63.2 Å². The van der Waals surface area contributed by atoms with Gasteiger partial charge < -0.3 is 25.0 Å². The normalized spacial score (nSPS) is 16.2. The molecular formula is C21H28N4O3. The van der Waals surface area contributed by atoms with Crippen LogP contribution in [0.25, 0.3) is 0 Å². The van der Waals surface area contributed by atoms with Gasteiger partial charge in [0.25, 0.3) is 0 Å². The topological polar surface area (TPSA) is 75.7 Å². The van der Waals surface area contributed by atoms with Gasteiger partial charge in [0, 0.05) is 25.0 Å². The Bertz CT molecular complexity index is 731. The van der Waals surface area contributed by atoms with Crippen LogP contribution in [-0.2, 0) is 0 Å². The Kier molecular flexibility index (Phi) is 7.08. The van der Waals surface area contributed by atoms with Gasteiger partial charge in [-0.2, -0.15) is 0 Å². The number of rotatable bonds is 7. The summed E-state index contributed by atoms with van der Waals surface area (Å²) in [4.78, 5) is 18.4. The van der Waals surface area contributed by atoms with E-state index in [0.717, 1.165) is 31.7 Å². The molecule has 28 heavy (non-hydrogen) atoms. The van der Waals surface area contributed by atoms with Gasteiger partial charge in [0.1, 0.15) is 23.7 Å². The molecule has 2 aromatic rings. The molecule has 3 rings (SSSR count). The number of pyridine rings is 1. The Morgan fingerprint density at radius 1 is 1.21 bits per heavy atom. The number of hydrogen-bond acceptors (Lipinski definition) is 5. The Morgan fingerprint density at radius 2 is 1.96 bits per heavy atom. The molecular weight excluding hydrogens is 356 g/mol. The highest BCUT2D eigenvalue weighted by molar-refractivity contribution is 5.89. The smallest absolute Gasteiger partial charge is 0.319 e. The zero-order valence-corrected chi connectivity index (χ0v) is 16.4. The predicted octanol–water partition coefficient (Wildman–Crippen LogP) is 3.14. The number of nitrogens with one attached hydrogen (secondary N) is 2. The lowest BCUT2D eigenvalue weighted by molar-refractivity contribution is 0.114. The van der Waals surface area contributed by atoms with E-state index in [9.17, 15) is 4.79 Å². The van der Waals surface area contributed by atoms with Crippen molar-refractivity contribution in [3.05, 3.63) is 48.8 Å². The molecule has 2 amide bonds. The summed E-state index contributed by atoms with van der Waals surface area (Å²) in [6.45, 7) is 4.40. The van der Waals surface area contributed by atoms with Crippen molar-refractivity contribution in [3.8, 4) is 11.5 Å². The van der Waals surface area contributed by atoms with E-state index >= 15 is 0 Å². The second-order valence-electron chi connectivity index (χ2n) is 7.10. The fourth-order valence-electron chi connectivity index (χ4n) is 3.01. The van der Waals surface area contributed by atoms with Crippen molar-refractivity contribution < 1.29 is 14.3 Å². The minimum absolute atomic E-state index is 0.166. The molecule has 1 saturated heterocycles. The van der Waals surface area contributed by atoms with Gasteiger partial charge in [-0.25, -0.2) is 4.79 Å². The maximum atomic E-state index is 12.1. The van der Waals surface area contributed by atoms with Crippen LogP contribution in [0.3, 0.4) is 0 Å². The number of ether oxygens (including phenoxy) is 2. The van der Waals surface area contributed by atoms with Gasteiger partial charge in [0.05, 0.1) is 12.7 Å². The summed E-state index contributed by atoms with van der Waals surface area (Å²) in [5.41, 5.74) is 0.717. The summed E-state index contributed by atoms with van der Waals surface area (Å²) in [7, 11) is 2.13. The van der Waals surface area contributed by atoms with Gasteiger partial charge in [0.2, 0.25) is 0 Å². The maximum Gasteiger partial charge on any atom is 0.319 e. The first-order valence-corrected chi connectivity index (χ1v) is 9.65. The van der Waals surface area contributed by atoms with Crippen molar-refractivity contribution >= 4 is 11.7 Å². The zero-order chi connectivity index (χ0) is 19.8. The van der Waals surface area contributed by atoms with E-state index in [1.165, 1.54) is 0 Å². The largest absolute Gasteiger partial charge is 0.490 e. The number of aromatic nitrogens is 1. The maximum absolute atomic E-state index is 12.1. The number of piperidine rings is 1. The standard InChI is InChI=1S/C21H28N4O3/c1-16(27-20-4-3-11-22-15-20)14-23-21(26)24-17-5-7-18(8-6-17)28-19-9-12-25(2)13-10-19/h3-8,11,15-16,19H,9-10,12-14H2,1-2H3,(H2,23,24,26)/t16-/m1/s1. The Hall–Kier alpha value is -2.80. The SMILES string of the molecule is C[C@H](CNC(=O)Nc1ccc(OC2CCN(C)CC2)cc1)Oc1cccnc1. The Labute approximate surface area is 166 Å². The van der Waals surface area contributed by atoms with Gasteiger partial charge in [-0.1, -0.05) is 0 Å². The second-order valence-corrected chi connectivity index (χ2v) is 7.10. The van der Waals surface area contributed by atoms with Crippen LogP contribution in [-0.4, -0.2) is 54.8 Å². The van der Waals surface area contributed by atoms with Crippen molar-refractivity contribution in [3.63, 3.8) is 0 Å². The van der Waals surface area contributed by atoms with Gasteiger partial charge in [0.15, 0.2) is 0 Å². The molecule has 1 aromatic heterocycles. The summed E-state index contributed by atoms with van der Waals surface area (Å²) in [5.74, 6) is 1.51. The highest BCUT2D eigenvalue weighted by Gasteiger charge is 2.17. The Morgan fingerprint density at radius 3 is 2.64 bits per heavy atom. The fraction of sp³-hybridized carbons (Fsp3) is 0.429. The number of urea groups is 1. The van der Waals surface area contributed by atoms with Gasteiger partial charge >= 0.3 is 6.03 Å². The van der Waals surface area contributed by atoms with Gasteiger partial charge in [-0.15, -0.1) is 0 Å². The van der Waals surface area contributed by atoms with E-state index < -0.39 is 0 Å². The first-order valence-electron chi connectivity index (χ1n) is 9.65. The molecule has 1 fully saturated rings. The lowest BCUT2D eigenvalue weighted by atomic mass is 10.1. The predicted molar refractivity (Wildman–Crippen MR) is 109 cm³/mol. The zero-order valence-electron chi connectivity index (χ0n) is 16.4. The summed E-state index contributed by atoms with van der Waals surface area (Å²) < 4.78 is 11.7. The number of benzene rings is 1. The number of carbonyl (C=O) groups excluding carboxylic acids is 1. The number of nitrogens with zero attached hydrogens (tertiary/aromatic N) is 2. The number of amides is 2. The summed E-state index contributed by atoms with van der Waals surface area (Å²) >= 11 is 0. The molecule has 0 saturated carbocycles. The van der Waals surface area contributed by atoms with Crippen LogP contribution >= 0.6 is 0 Å². The quantitative estimate of drug-likeness (QED) is 0.767. The molecule has 1 aliphatic heterocycles. The highest BCUT2D eigenvalue weighted by atomic mass is 16.5. The van der Waals surface area contributed by atoms with E-state index in [1.807, 2.05) is 43.3 Å². The summed E-state index contributed by atoms with van der Waals surface area (Å²) in [6, 6.07) is 10.8. The molecule has 150 valence electrons. The molecule has 7 heteroatoms. The monoisotopic (exact) mass is 384 g/mol. The first kappa shape index (κ1) is 19.9. The van der Waals surface area contributed by atoms with Crippen molar-refractivity contribution in [1.29, 1.82) is 0 Å². The molecule has 0 unspecified atom stereocenters. The van der Waals surface area contributed by atoms with Crippen molar-refractivity contribution in [2.45, 2.75) is 32.0 Å². The van der Waals surface area contributed by atoms with Crippen LogP contribution in [0.2, 0.25) is 0 Å². The van der Waals surface area contributed by atoms with Crippen LogP contribution in [0.5, 0.6) is 11.5 Å². The van der Waals surface area contributed by atoms with Crippen molar-refractivity contribution in [2.75, 3.05) is 32.0 Å². The molecule has 1 aromatic carbocycles. The number of hydrogen-bond donors (Lipinski definition) is 2. The van der Waals surface area contributed by atoms with Crippen LogP contribution in [0.1, 0.15) is 19.8 Å². The number of anilines is 1. The third kappa shape index (κ3) is 6.42. The average molecular weight is 384 g/mol. The van der Waals surface area contributed by atoms with E-state index in [0.29, 0.717) is 18.0 Å². The fourth-order valence-corrected chi connectivity index (χ4v) is 3.01. The van der Waals surface area contributed by atoms with Crippen LogP contribution in [0.15, 0.2) is 48.8 Å². The third-order valence-corrected chi connectivity index (χ3v) is 4.60. The molecule has 0 aliphatic carbocycles. The number of carbonyl (C=O) groups is 1.